The molecule has 0 heterocycles. The van der Waals surface area contributed by atoms with E-state index < -0.39 is 5.97 Å². The van der Waals surface area contributed by atoms with Crippen molar-refractivity contribution in [3.63, 3.8) is 0 Å². The summed E-state index contributed by atoms with van der Waals surface area (Å²) in [4.78, 5) is 8.89. The first-order valence-electron chi connectivity index (χ1n) is 9.55. The van der Waals surface area contributed by atoms with Crippen molar-refractivity contribution in [2.45, 2.75) is 19.5 Å². The Labute approximate surface area is 214 Å². The molecular weight excluding hydrogens is 538 g/mol. The third-order valence-corrected chi connectivity index (χ3v) is 6.96. The van der Waals surface area contributed by atoms with Crippen molar-refractivity contribution < 1.29 is 47.4 Å². The Balaban J connectivity index is 0.000000691. The first-order valence-corrected chi connectivity index (χ1v) is 11.0. The van der Waals surface area contributed by atoms with Gasteiger partial charge in [0.25, 0.3) is 0 Å². The summed E-state index contributed by atoms with van der Waals surface area (Å²) in [6.45, 7) is 3.32. The minimum atomic E-state index is -1.08. The smallest absolute Gasteiger partial charge is 0.550 e. The minimum Gasteiger partial charge on any atom is -0.550 e. The van der Waals surface area contributed by atoms with E-state index >= 15 is 0 Å². The largest absolute Gasteiger partial charge is 2.00 e. The molecule has 2 aliphatic carbocycles. The van der Waals surface area contributed by atoms with Crippen LogP contribution in [0.1, 0.15) is 13.8 Å². The van der Waals surface area contributed by atoms with Gasteiger partial charge in [0.2, 0.25) is 0 Å². The van der Waals surface area contributed by atoms with Crippen LogP contribution in [-0.4, -0.2) is 11.6 Å². The topological polar surface area (TPSA) is 40.1 Å². The number of aliphatic carboxylic acids is 1. The number of carboxylic acid groups (broad SMARTS) is 1. The molecule has 163 valence electrons. The zero-order valence-electron chi connectivity index (χ0n) is 17.5. The van der Waals surface area contributed by atoms with Crippen molar-refractivity contribution in [3.05, 3.63) is 124 Å². The molecule has 9 radical (unpaired) electrons. The van der Waals surface area contributed by atoms with Gasteiger partial charge in [-0.05, 0) is 63.2 Å². The van der Waals surface area contributed by atoms with Gasteiger partial charge < -0.3 is 16.3 Å². The molecule has 0 saturated heterocycles. The molecular formula is C26H26FeO2PPd+2. The number of benzene rings is 2. The number of hydrogen-bond acceptors (Lipinski definition) is 2. The van der Waals surface area contributed by atoms with E-state index in [1.807, 2.05) is 32.1 Å². The van der Waals surface area contributed by atoms with E-state index in [2.05, 4.69) is 93.3 Å². The maximum Gasteiger partial charge on any atom is 2.00 e. The van der Waals surface area contributed by atoms with Crippen LogP contribution < -0.4 is 15.7 Å². The van der Waals surface area contributed by atoms with Gasteiger partial charge in [-0.2, -0.15) is 12.3 Å². The molecule has 0 bridgehead atoms. The second kappa shape index (κ2) is 18.0. The Kier molecular flexibility index (Phi) is 17.7. The fourth-order valence-corrected chi connectivity index (χ4v) is 5.56. The number of rotatable bonds is 4. The average Bonchev–Trinajstić information content (AvgIpc) is 3.46. The monoisotopic (exact) mass is 563 g/mol. The molecule has 31 heavy (non-hydrogen) atoms. The van der Waals surface area contributed by atoms with Crippen molar-refractivity contribution in [1.82, 2.24) is 0 Å². The molecule has 0 amide bonds. The summed E-state index contributed by atoms with van der Waals surface area (Å²) in [7, 11) is -0.363. The van der Waals surface area contributed by atoms with Crippen LogP contribution in [-0.2, 0) is 42.3 Å². The van der Waals surface area contributed by atoms with Gasteiger partial charge in [0.1, 0.15) is 0 Å². The van der Waals surface area contributed by atoms with Crippen molar-refractivity contribution in [1.29, 1.82) is 0 Å². The van der Waals surface area contributed by atoms with Crippen LogP contribution >= 0.6 is 7.92 Å². The summed E-state index contributed by atoms with van der Waals surface area (Å²) < 4.78 is 0. The summed E-state index contributed by atoms with van der Waals surface area (Å²) in [5.74, 6) is 0.351. The third-order valence-electron chi connectivity index (χ3n) is 4.18. The van der Waals surface area contributed by atoms with Gasteiger partial charge in [-0.3, -0.25) is 0 Å². The molecule has 2 aromatic carbocycles. The van der Waals surface area contributed by atoms with Crippen LogP contribution in [0, 0.1) is 63.7 Å². The SMILES string of the molecule is CC(=O)[O-].CC([C]1[CH][CH][CH][CH-]1)P(c1ccccc1)c1ccccc1.[CH]1[CH][CH][CH][CH]1.[Fe+2].[Pd+2]. The number of hydrogen-bond donors (Lipinski definition) is 0. The summed E-state index contributed by atoms with van der Waals surface area (Å²) in [5, 5.41) is 11.8. The van der Waals surface area contributed by atoms with E-state index in [1.54, 1.807) is 0 Å². The van der Waals surface area contributed by atoms with Crippen LogP contribution in [0.3, 0.4) is 0 Å². The van der Waals surface area contributed by atoms with Gasteiger partial charge in [-0.15, -0.1) is 0 Å². The molecule has 1 atom stereocenters. The molecule has 5 heteroatoms. The second-order valence-electron chi connectivity index (χ2n) is 6.39. The maximum atomic E-state index is 8.89. The summed E-state index contributed by atoms with van der Waals surface area (Å²) in [6.07, 6.45) is 18.8. The maximum absolute atomic E-state index is 8.89. The molecule has 0 aromatic heterocycles. The van der Waals surface area contributed by atoms with Crippen molar-refractivity contribution in [2.24, 2.45) is 0 Å². The van der Waals surface area contributed by atoms with Crippen LogP contribution in [0.25, 0.3) is 0 Å². The third kappa shape index (κ3) is 11.8. The summed E-state index contributed by atoms with van der Waals surface area (Å²) in [5.41, 5.74) is 0.532. The van der Waals surface area contributed by atoms with E-state index in [4.69, 9.17) is 9.90 Å². The van der Waals surface area contributed by atoms with Crippen LogP contribution in [0.4, 0.5) is 0 Å². The fourth-order valence-electron chi connectivity index (χ4n) is 2.91. The first-order chi connectivity index (χ1) is 14.1. The van der Waals surface area contributed by atoms with Gasteiger partial charge in [-0.25, -0.2) is 0 Å². The molecule has 2 aromatic rings. The molecule has 2 fully saturated rings. The van der Waals surface area contributed by atoms with Crippen LogP contribution in [0.5, 0.6) is 0 Å². The average molecular weight is 564 g/mol. The van der Waals surface area contributed by atoms with Gasteiger partial charge in [0.15, 0.2) is 0 Å². The Bertz CT molecular complexity index is 638. The van der Waals surface area contributed by atoms with Crippen molar-refractivity contribution >= 4 is 24.5 Å². The summed E-state index contributed by atoms with van der Waals surface area (Å²) in [6, 6.07) is 21.8. The van der Waals surface area contributed by atoms with Crippen molar-refractivity contribution in [2.75, 3.05) is 0 Å². The molecule has 2 aliphatic rings. The molecule has 4 rings (SSSR count). The first kappa shape index (κ1) is 30.5. The Morgan fingerprint density at radius 1 is 0.839 bits per heavy atom. The second-order valence-corrected chi connectivity index (χ2v) is 8.94. The van der Waals surface area contributed by atoms with Gasteiger partial charge >= 0.3 is 37.5 Å². The van der Waals surface area contributed by atoms with Crippen LogP contribution in [0.2, 0.25) is 0 Å². The Morgan fingerprint density at radius 2 is 1.23 bits per heavy atom. The number of carbonyl (C=O) groups excluding carboxylic acids is 1. The van der Waals surface area contributed by atoms with Gasteiger partial charge in [0.05, 0.1) is 0 Å². The minimum absolute atomic E-state index is 0. The molecule has 2 nitrogen and oxygen atoms in total. The Morgan fingerprint density at radius 3 is 1.55 bits per heavy atom. The van der Waals surface area contributed by atoms with E-state index in [0.717, 1.165) is 6.92 Å². The van der Waals surface area contributed by atoms with E-state index in [1.165, 1.54) is 16.5 Å². The molecule has 2 saturated carbocycles. The van der Waals surface area contributed by atoms with E-state index in [0.29, 0.717) is 5.66 Å². The normalized spacial score (nSPS) is 16.0. The predicted molar refractivity (Wildman–Crippen MR) is 121 cm³/mol. The Hall–Kier alpha value is -0.478. The van der Waals surface area contributed by atoms with Gasteiger partial charge in [-0.1, -0.05) is 80.4 Å². The summed E-state index contributed by atoms with van der Waals surface area (Å²) >= 11 is 0. The quantitative estimate of drug-likeness (QED) is 0.324. The zero-order valence-corrected chi connectivity index (χ0v) is 21.0. The fraction of sp³-hybridized carbons (Fsp3) is 0.115. The molecule has 0 aliphatic heterocycles. The number of carbonyl (C=O) groups is 1. The zero-order chi connectivity index (χ0) is 20.9. The molecule has 0 spiro atoms. The number of carboxylic acids is 1. The van der Waals surface area contributed by atoms with Gasteiger partial charge in [0, 0.05) is 5.97 Å². The molecule has 1 unspecified atom stereocenters. The van der Waals surface area contributed by atoms with E-state index in [9.17, 15) is 0 Å². The van der Waals surface area contributed by atoms with Crippen molar-refractivity contribution in [3.8, 4) is 0 Å². The standard InChI is InChI=1S/C19H18P.C5H5.C2H4O2.Fe.Pd/c1-16(17-10-8-9-11-17)20(18-12-4-2-5-13-18)19-14-6-3-7-15-19;1-2-4-5-3-1;1-2(3)4;;/h2-16H,1H3;1-5H;1H3,(H,3,4);;/q-1;;;2*+2/p-1. The molecule has 0 N–H and O–H groups in total. The van der Waals surface area contributed by atoms with E-state index in [-0.39, 0.29) is 45.4 Å². The predicted octanol–water partition coefficient (Wildman–Crippen LogP) is 3.69. The van der Waals surface area contributed by atoms with Crippen LogP contribution in [0.15, 0.2) is 60.7 Å².